The average molecular weight is 445 g/mol. The van der Waals surface area contributed by atoms with Crippen LogP contribution in [0.3, 0.4) is 0 Å². The van der Waals surface area contributed by atoms with Crippen LogP contribution in [0, 0.1) is 28.6 Å². The van der Waals surface area contributed by atoms with E-state index in [9.17, 15) is 24.9 Å². The minimum absolute atomic E-state index is 0.0308. The maximum Gasteiger partial charge on any atom is 0.193 e. The molecule has 1 saturated heterocycles. The fourth-order valence-electron chi connectivity index (χ4n) is 7.54. The number of aliphatic hydroxyl groups is 3. The summed E-state index contributed by atoms with van der Waals surface area (Å²) in [4.78, 5) is 25.2. The zero-order valence-corrected chi connectivity index (χ0v) is 18.7. The number of hydrogen-bond acceptors (Lipinski definition) is 7. The summed E-state index contributed by atoms with van der Waals surface area (Å²) in [6, 6.07) is 0. The molecule has 0 bridgehead atoms. The van der Waals surface area contributed by atoms with E-state index in [1.165, 1.54) is 0 Å². The number of Topliss-reactive ketones (excluding diaryl/α,β-unsaturated/α-hetero) is 1. The van der Waals surface area contributed by atoms with Gasteiger partial charge < -0.3 is 24.8 Å². The number of carbonyl (C=O) groups is 2. The van der Waals surface area contributed by atoms with Crippen molar-refractivity contribution in [3.63, 3.8) is 0 Å². The predicted octanol–water partition coefficient (Wildman–Crippen LogP) is 1.46. The van der Waals surface area contributed by atoms with Gasteiger partial charge in [0.05, 0.1) is 12.2 Å². The second-order valence-corrected chi connectivity index (χ2v) is 10.5. The number of rotatable bonds is 4. The molecule has 1 aliphatic heterocycles. The number of ketones is 2. The first-order chi connectivity index (χ1) is 15.1. The smallest absolute Gasteiger partial charge is 0.193 e. The molecule has 7 heteroatoms. The van der Waals surface area contributed by atoms with Crippen LogP contribution in [-0.2, 0) is 19.1 Å². The van der Waals surface area contributed by atoms with Crippen LogP contribution in [0.25, 0.3) is 0 Å². The number of allylic oxidation sites excluding steroid dienone is 6. The Morgan fingerprint density at radius 2 is 2.06 bits per heavy atom. The van der Waals surface area contributed by atoms with E-state index in [-0.39, 0.29) is 23.5 Å². The summed E-state index contributed by atoms with van der Waals surface area (Å²) in [6.07, 6.45) is 7.23. The molecule has 2 saturated carbocycles. The lowest BCUT2D eigenvalue weighted by Gasteiger charge is -2.58. The van der Waals surface area contributed by atoms with Crippen LogP contribution in [0.15, 0.2) is 36.0 Å². The molecule has 3 fully saturated rings. The first kappa shape index (κ1) is 22.2. The number of aliphatic hydroxyl groups excluding tert-OH is 3. The zero-order valence-electron chi connectivity index (χ0n) is 18.7. The second kappa shape index (κ2) is 7.18. The molecule has 0 radical (unpaired) electrons. The minimum Gasteiger partial charge on any atom is -0.393 e. The van der Waals surface area contributed by atoms with E-state index in [1.807, 2.05) is 26.0 Å². The predicted molar refractivity (Wildman–Crippen MR) is 114 cm³/mol. The van der Waals surface area contributed by atoms with Gasteiger partial charge in [0.25, 0.3) is 0 Å². The van der Waals surface area contributed by atoms with E-state index < -0.39 is 53.4 Å². The maximum atomic E-state index is 13.2. The van der Waals surface area contributed by atoms with E-state index in [2.05, 4.69) is 13.0 Å². The van der Waals surface area contributed by atoms with Gasteiger partial charge in [-0.2, -0.15) is 0 Å². The number of hydrogen-bond donors (Lipinski definition) is 3. The summed E-state index contributed by atoms with van der Waals surface area (Å²) in [5, 5.41) is 31.7. The summed E-state index contributed by atoms with van der Waals surface area (Å²) < 4.78 is 12.3. The van der Waals surface area contributed by atoms with Gasteiger partial charge in [-0.05, 0) is 48.8 Å². The molecule has 0 amide bonds. The Balaban J connectivity index is 1.59. The Morgan fingerprint density at radius 3 is 2.75 bits per heavy atom. The highest BCUT2D eigenvalue weighted by Crippen LogP contribution is 2.68. The minimum atomic E-state index is -1.41. The average Bonchev–Trinajstić information content (AvgIpc) is 3.26. The van der Waals surface area contributed by atoms with Crippen LogP contribution < -0.4 is 0 Å². The van der Waals surface area contributed by atoms with Crippen molar-refractivity contribution in [2.75, 3.05) is 6.61 Å². The highest BCUT2D eigenvalue weighted by Gasteiger charge is 2.75. The fraction of sp³-hybridized carbons (Fsp3) is 0.680. The van der Waals surface area contributed by atoms with Crippen molar-refractivity contribution in [1.82, 2.24) is 0 Å². The molecule has 5 rings (SSSR count). The molecule has 3 N–H and O–H groups in total. The van der Waals surface area contributed by atoms with Crippen LogP contribution >= 0.6 is 0 Å². The summed E-state index contributed by atoms with van der Waals surface area (Å²) >= 11 is 0. The van der Waals surface area contributed by atoms with Crippen LogP contribution in [-0.4, -0.2) is 63.7 Å². The van der Waals surface area contributed by atoms with Crippen LogP contribution in [0.2, 0.25) is 0 Å². The lowest BCUT2D eigenvalue weighted by Crippen LogP contribution is -2.63. The molecule has 0 aromatic heterocycles. The van der Waals surface area contributed by atoms with Crippen molar-refractivity contribution >= 4 is 11.6 Å². The third-order valence-electron chi connectivity index (χ3n) is 9.11. The molecule has 0 aromatic rings. The quantitative estimate of drug-likeness (QED) is 0.602. The normalized spacial score (nSPS) is 49.7. The van der Waals surface area contributed by atoms with Crippen molar-refractivity contribution in [2.24, 2.45) is 28.6 Å². The highest BCUT2D eigenvalue weighted by molar-refractivity contribution is 6.01. The molecule has 32 heavy (non-hydrogen) atoms. The highest BCUT2D eigenvalue weighted by atomic mass is 16.8. The Bertz CT molecular complexity index is 937. The fourth-order valence-corrected chi connectivity index (χ4v) is 7.54. The third kappa shape index (κ3) is 2.60. The molecule has 1 heterocycles. The molecular weight excluding hydrogens is 412 g/mol. The standard InChI is InChI=1S/C25H32O7/c1-4-17(28)22-31-20-10-16-15-6-5-13-9-14(27)7-8-23(13,2)21(15)18(29)11-24(16,3)25(20,32-22)19(30)12-26/h5-9,15-18,20-22,26,28-29H,4,10-12H2,1-3H3/t15-,16-,17-,18-,20+,21+,22?,23-,24-,25+/m0/s1. The second-order valence-electron chi connectivity index (χ2n) is 10.5. The molecule has 0 spiro atoms. The topological polar surface area (TPSA) is 113 Å². The Hall–Kier alpha value is -1.64. The van der Waals surface area contributed by atoms with Gasteiger partial charge in [0, 0.05) is 16.7 Å². The SMILES string of the molecule is CC[C@H](O)C1O[C@@H]2C[C@H]3[C@@H]4C=CC5=CC(=O)C=C[C@]5(C)[C@H]4[C@@H](O)C[C@]3(C)[C@]2(C(=O)CO)O1. The van der Waals surface area contributed by atoms with Gasteiger partial charge in [-0.15, -0.1) is 0 Å². The van der Waals surface area contributed by atoms with E-state index in [0.717, 1.165) is 5.57 Å². The van der Waals surface area contributed by atoms with E-state index in [1.54, 1.807) is 12.2 Å². The summed E-state index contributed by atoms with van der Waals surface area (Å²) in [6.45, 7) is 5.13. The monoisotopic (exact) mass is 444 g/mol. The van der Waals surface area contributed by atoms with Crippen molar-refractivity contribution in [2.45, 2.75) is 70.2 Å². The maximum absolute atomic E-state index is 13.2. The molecule has 5 aliphatic rings. The van der Waals surface area contributed by atoms with E-state index >= 15 is 0 Å². The third-order valence-corrected chi connectivity index (χ3v) is 9.11. The molecule has 1 unspecified atom stereocenters. The summed E-state index contributed by atoms with van der Waals surface area (Å²) in [5.74, 6) is -0.755. The largest absolute Gasteiger partial charge is 0.393 e. The Labute approximate surface area is 187 Å². The van der Waals surface area contributed by atoms with E-state index in [0.29, 0.717) is 19.3 Å². The molecule has 7 nitrogen and oxygen atoms in total. The lowest BCUT2D eigenvalue weighted by molar-refractivity contribution is -0.210. The number of fused-ring (bicyclic) bond motifs is 7. The Kier molecular flexibility index (Phi) is 4.97. The van der Waals surface area contributed by atoms with Gasteiger partial charge in [0.1, 0.15) is 12.7 Å². The molecule has 174 valence electrons. The first-order valence-electron chi connectivity index (χ1n) is 11.6. The van der Waals surface area contributed by atoms with Crippen molar-refractivity contribution < 1.29 is 34.4 Å². The molecular formula is C25H32O7. The van der Waals surface area contributed by atoms with Gasteiger partial charge in [-0.25, -0.2) is 0 Å². The van der Waals surface area contributed by atoms with Gasteiger partial charge in [-0.1, -0.05) is 39.0 Å². The van der Waals surface area contributed by atoms with Crippen molar-refractivity contribution in [3.8, 4) is 0 Å². The van der Waals surface area contributed by atoms with Gasteiger partial charge in [0.2, 0.25) is 0 Å². The van der Waals surface area contributed by atoms with E-state index in [4.69, 9.17) is 9.47 Å². The number of carbonyl (C=O) groups excluding carboxylic acids is 2. The first-order valence-corrected chi connectivity index (χ1v) is 11.6. The van der Waals surface area contributed by atoms with Crippen molar-refractivity contribution in [3.05, 3.63) is 36.0 Å². The van der Waals surface area contributed by atoms with Crippen molar-refractivity contribution in [1.29, 1.82) is 0 Å². The van der Waals surface area contributed by atoms with Crippen LogP contribution in [0.4, 0.5) is 0 Å². The zero-order chi connectivity index (χ0) is 23.1. The van der Waals surface area contributed by atoms with Gasteiger partial charge in [-0.3, -0.25) is 9.59 Å². The van der Waals surface area contributed by atoms with Crippen LogP contribution in [0.1, 0.15) is 40.0 Å². The molecule has 0 aromatic carbocycles. The van der Waals surface area contributed by atoms with Gasteiger partial charge >= 0.3 is 0 Å². The summed E-state index contributed by atoms with van der Waals surface area (Å²) in [5.41, 5.74) is -1.78. The summed E-state index contributed by atoms with van der Waals surface area (Å²) in [7, 11) is 0. The van der Waals surface area contributed by atoms with Crippen LogP contribution in [0.5, 0.6) is 0 Å². The van der Waals surface area contributed by atoms with Gasteiger partial charge in [0.15, 0.2) is 23.5 Å². The molecule has 10 atom stereocenters. The Morgan fingerprint density at radius 1 is 1.31 bits per heavy atom. The molecule has 4 aliphatic carbocycles. The lowest BCUT2D eigenvalue weighted by atomic mass is 9.48. The number of ether oxygens (including phenoxy) is 2.